The summed E-state index contributed by atoms with van der Waals surface area (Å²) >= 11 is 0. The van der Waals surface area contributed by atoms with E-state index in [1.807, 2.05) is 0 Å². The highest BCUT2D eigenvalue weighted by Crippen LogP contribution is 2.29. The predicted octanol–water partition coefficient (Wildman–Crippen LogP) is 1.92. The van der Waals surface area contributed by atoms with E-state index in [2.05, 4.69) is 20.4 Å². The van der Waals surface area contributed by atoms with Crippen molar-refractivity contribution in [3.8, 4) is 0 Å². The molecule has 0 aromatic rings. The Kier molecular flexibility index (Phi) is 4.14. The normalized spacial score (nSPS) is 26.7. The summed E-state index contributed by atoms with van der Waals surface area (Å²) in [4.78, 5) is 10.8. The molecule has 1 heterocycles. The predicted molar refractivity (Wildman–Crippen MR) is 53.9 cm³/mol. The van der Waals surface area contributed by atoms with Gasteiger partial charge in [0, 0.05) is 6.08 Å². The maximum absolute atomic E-state index is 10.8. The zero-order valence-electron chi connectivity index (χ0n) is 8.86. The van der Waals surface area contributed by atoms with Crippen molar-refractivity contribution in [2.45, 2.75) is 38.9 Å². The Balaban J connectivity index is 2.17. The maximum atomic E-state index is 10.8. The molecule has 80 valence electrons. The number of carbonyl (C=O) groups is 1. The molecule has 0 aliphatic carbocycles. The fraction of sp³-hybridized carbons (Fsp3) is 0.727. The quantitative estimate of drug-likeness (QED) is 0.372. The molecule has 0 aromatic heterocycles. The monoisotopic (exact) mass is 198 g/mol. The summed E-state index contributed by atoms with van der Waals surface area (Å²) < 4.78 is 10.3. The van der Waals surface area contributed by atoms with E-state index in [0.29, 0.717) is 24.7 Å². The third-order valence-corrected chi connectivity index (χ3v) is 2.61. The SMILES string of the molecule is C=CC(=O)OCC(CC)CC1OC1C. The highest BCUT2D eigenvalue weighted by molar-refractivity contribution is 5.81. The molecule has 0 radical (unpaired) electrons. The summed E-state index contributed by atoms with van der Waals surface area (Å²) in [5.41, 5.74) is 0. The van der Waals surface area contributed by atoms with Crippen molar-refractivity contribution in [2.75, 3.05) is 6.61 Å². The molecule has 0 N–H and O–H groups in total. The Morgan fingerprint density at radius 1 is 1.71 bits per heavy atom. The van der Waals surface area contributed by atoms with E-state index < -0.39 is 0 Å². The van der Waals surface area contributed by atoms with Gasteiger partial charge in [0.2, 0.25) is 0 Å². The number of esters is 1. The molecule has 1 aliphatic heterocycles. The summed E-state index contributed by atoms with van der Waals surface area (Å²) in [7, 11) is 0. The van der Waals surface area contributed by atoms with E-state index in [9.17, 15) is 4.79 Å². The standard InChI is InChI=1S/C11H18O3/c1-4-9(6-10-8(3)14-10)7-13-11(12)5-2/h5,8-10H,2,4,6-7H2,1,3H3. The summed E-state index contributed by atoms with van der Waals surface area (Å²) in [6, 6.07) is 0. The number of epoxide rings is 1. The Morgan fingerprint density at radius 3 is 2.79 bits per heavy atom. The molecule has 0 bridgehead atoms. The van der Waals surface area contributed by atoms with Gasteiger partial charge in [-0.25, -0.2) is 4.79 Å². The van der Waals surface area contributed by atoms with Gasteiger partial charge in [0.05, 0.1) is 18.8 Å². The number of carbonyl (C=O) groups excluding carboxylic acids is 1. The average molecular weight is 198 g/mol. The number of rotatable bonds is 6. The molecule has 3 atom stereocenters. The molecule has 1 fully saturated rings. The number of ether oxygens (including phenoxy) is 2. The lowest BCUT2D eigenvalue weighted by Crippen LogP contribution is -2.14. The molecule has 1 rings (SSSR count). The molecule has 0 amide bonds. The second-order valence-corrected chi connectivity index (χ2v) is 3.72. The molecule has 1 saturated heterocycles. The van der Waals surface area contributed by atoms with E-state index in [1.54, 1.807) is 0 Å². The van der Waals surface area contributed by atoms with E-state index in [-0.39, 0.29) is 5.97 Å². The van der Waals surface area contributed by atoms with Crippen LogP contribution in [0.15, 0.2) is 12.7 Å². The molecule has 3 unspecified atom stereocenters. The minimum Gasteiger partial charge on any atom is -0.462 e. The molecular formula is C11H18O3. The van der Waals surface area contributed by atoms with Crippen LogP contribution in [-0.4, -0.2) is 24.8 Å². The largest absolute Gasteiger partial charge is 0.462 e. The highest BCUT2D eigenvalue weighted by atomic mass is 16.6. The first kappa shape index (κ1) is 11.2. The van der Waals surface area contributed by atoms with Crippen molar-refractivity contribution >= 4 is 5.97 Å². The van der Waals surface area contributed by atoms with Gasteiger partial charge in [-0.05, 0) is 25.7 Å². The zero-order chi connectivity index (χ0) is 10.6. The number of hydrogen-bond donors (Lipinski definition) is 0. The molecule has 3 nitrogen and oxygen atoms in total. The molecule has 0 saturated carbocycles. The topological polar surface area (TPSA) is 38.8 Å². The number of hydrogen-bond acceptors (Lipinski definition) is 3. The Morgan fingerprint density at radius 2 is 2.36 bits per heavy atom. The van der Waals surface area contributed by atoms with Crippen LogP contribution < -0.4 is 0 Å². The third kappa shape index (κ3) is 3.50. The third-order valence-electron chi connectivity index (χ3n) is 2.61. The first-order valence-electron chi connectivity index (χ1n) is 5.12. The van der Waals surface area contributed by atoms with Crippen LogP contribution in [-0.2, 0) is 14.3 Å². The smallest absolute Gasteiger partial charge is 0.330 e. The van der Waals surface area contributed by atoms with E-state index in [1.165, 1.54) is 6.08 Å². The van der Waals surface area contributed by atoms with Crippen LogP contribution in [0.3, 0.4) is 0 Å². The second kappa shape index (κ2) is 5.15. The van der Waals surface area contributed by atoms with Gasteiger partial charge in [0.25, 0.3) is 0 Å². The second-order valence-electron chi connectivity index (χ2n) is 3.72. The van der Waals surface area contributed by atoms with Gasteiger partial charge in [-0.15, -0.1) is 0 Å². The minimum atomic E-state index is -0.340. The zero-order valence-corrected chi connectivity index (χ0v) is 8.86. The first-order valence-corrected chi connectivity index (χ1v) is 5.12. The molecule has 0 aromatic carbocycles. The Bertz CT molecular complexity index is 213. The van der Waals surface area contributed by atoms with Gasteiger partial charge in [0.1, 0.15) is 0 Å². The van der Waals surface area contributed by atoms with Crippen LogP contribution in [0, 0.1) is 5.92 Å². The van der Waals surface area contributed by atoms with E-state index >= 15 is 0 Å². The maximum Gasteiger partial charge on any atom is 0.330 e. The van der Waals surface area contributed by atoms with Gasteiger partial charge in [0.15, 0.2) is 0 Å². The Labute approximate surface area is 85.1 Å². The minimum absolute atomic E-state index is 0.340. The average Bonchev–Trinajstić information content (AvgIpc) is 2.88. The van der Waals surface area contributed by atoms with Crippen molar-refractivity contribution in [3.63, 3.8) is 0 Å². The lowest BCUT2D eigenvalue weighted by Gasteiger charge is -2.12. The van der Waals surface area contributed by atoms with Crippen LogP contribution in [0.2, 0.25) is 0 Å². The fourth-order valence-electron chi connectivity index (χ4n) is 1.42. The van der Waals surface area contributed by atoms with Gasteiger partial charge in [-0.3, -0.25) is 0 Å². The van der Waals surface area contributed by atoms with Crippen molar-refractivity contribution in [2.24, 2.45) is 5.92 Å². The summed E-state index contributed by atoms with van der Waals surface area (Å²) in [6.07, 6.45) is 3.96. The van der Waals surface area contributed by atoms with Crippen LogP contribution in [0.1, 0.15) is 26.7 Å². The van der Waals surface area contributed by atoms with Crippen molar-refractivity contribution in [3.05, 3.63) is 12.7 Å². The lowest BCUT2D eigenvalue weighted by atomic mass is 10.0. The van der Waals surface area contributed by atoms with Gasteiger partial charge in [-0.1, -0.05) is 13.5 Å². The Hall–Kier alpha value is -0.830. The van der Waals surface area contributed by atoms with Crippen molar-refractivity contribution < 1.29 is 14.3 Å². The fourth-order valence-corrected chi connectivity index (χ4v) is 1.42. The molecule has 3 heteroatoms. The highest BCUT2D eigenvalue weighted by Gasteiger charge is 2.35. The van der Waals surface area contributed by atoms with E-state index in [4.69, 9.17) is 9.47 Å². The van der Waals surface area contributed by atoms with Crippen molar-refractivity contribution in [1.29, 1.82) is 0 Å². The van der Waals surface area contributed by atoms with Crippen LogP contribution in [0.25, 0.3) is 0 Å². The summed E-state index contributed by atoms with van der Waals surface area (Å²) in [5, 5.41) is 0. The summed E-state index contributed by atoms with van der Waals surface area (Å²) in [6.45, 7) is 7.99. The van der Waals surface area contributed by atoms with Crippen molar-refractivity contribution in [1.82, 2.24) is 0 Å². The van der Waals surface area contributed by atoms with Crippen LogP contribution in [0.4, 0.5) is 0 Å². The molecule has 1 aliphatic rings. The van der Waals surface area contributed by atoms with Gasteiger partial charge < -0.3 is 9.47 Å². The van der Waals surface area contributed by atoms with Gasteiger partial charge >= 0.3 is 5.97 Å². The molecular weight excluding hydrogens is 180 g/mol. The van der Waals surface area contributed by atoms with Gasteiger partial charge in [-0.2, -0.15) is 0 Å². The van der Waals surface area contributed by atoms with Crippen LogP contribution in [0.5, 0.6) is 0 Å². The molecule has 14 heavy (non-hydrogen) atoms. The lowest BCUT2D eigenvalue weighted by molar-refractivity contribution is -0.139. The molecule has 0 spiro atoms. The summed E-state index contributed by atoms with van der Waals surface area (Å²) in [5.74, 6) is 0.0714. The van der Waals surface area contributed by atoms with Crippen LogP contribution >= 0.6 is 0 Å². The van der Waals surface area contributed by atoms with E-state index in [0.717, 1.165) is 12.8 Å². The first-order chi connectivity index (χ1) is 6.67.